The van der Waals surface area contributed by atoms with Gasteiger partial charge in [-0.2, -0.15) is 13.2 Å². The second-order valence-electron chi connectivity index (χ2n) is 6.08. The smallest absolute Gasteiger partial charge is 0.416 e. The Kier molecular flexibility index (Phi) is 6.28. The molecule has 0 radical (unpaired) electrons. The van der Waals surface area contributed by atoms with Crippen LogP contribution in [0.5, 0.6) is 0 Å². The fraction of sp³-hybridized carbons (Fsp3) is 0.222. The molecule has 1 atom stereocenters. The number of amides is 1. The zero-order chi connectivity index (χ0) is 21.7. The molecule has 0 aliphatic carbocycles. The van der Waals surface area contributed by atoms with Crippen LogP contribution in [0.25, 0.3) is 11.3 Å². The maximum atomic E-state index is 12.6. The molecule has 0 fully saturated rings. The zero-order valence-corrected chi connectivity index (χ0v) is 15.2. The topological polar surface area (TPSA) is 133 Å². The van der Waals surface area contributed by atoms with Gasteiger partial charge in [-0.1, -0.05) is 12.1 Å². The van der Waals surface area contributed by atoms with Crippen LogP contribution in [-0.2, 0) is 6.18 Å². The Labute approximate surface area is 167 Å². The number of oxazole rings is 1. The highest BCUT2D eigenvalue weighted by molar-refractivity contribution is 5.92. The number of aliphatic hydroxyl groups is 2. The largest absolute Gasteiger partial charge is 0.423 e. The number of hydrogen-bond donors (Lipinski definition) is 4. The minimum Gasteiger partial charge on any atom is -0.423 e. The standard InChI is InChI=1S/C18H16F3N5O4/c19-18(20,21)11-3-1-10(2-4-11)14-8-23-17(30-14)24-15-6-5-13(25-26-15)16(29)22-7-12(28)9-27/h1-6,8,12,27-28H,7,9H2,(H,22,29)(H,23,24,26)/t12-/m1/s1. The van der Waals surface area contributed by atoms with Crippen molar-refractivity contribution in [2.24, 2.45) is 0 Å². The van der Waals surface area contributed by atoms with Crippen LogP contribution in [0.2, 0.25) is 0 Å². The Morgan fingerprint density at radius 1 is 1.13 bits per heavy atom. The second kappa shape index (κ2) is 8.88. The average molecular weight is 423 g/mol. The summed E-state index contributed by atoms with van der Waals surface area (Å²) in [5, 5.41) is 30.6. The van der Waals surface area contributed by atoms with Gasteiger partial charge in [0.1, 0.15) is 0 Å². The fourth-order valence-electron chi connectivity index (χ4n) is 2.28. The molecule has 2 aromatic heterocycles. The van der Waals surface area contributed by atoms with Gasteiger partial charge in [-0.3, -0.25) is 10.1 Å². The van der Waals surface area contributed by atoms with Crippen molar-refractivity contribution in [3.8, 4) is 11.3 Å². The molecule has 1 amide bonds. The number of aromatic nitrogens is 3. The lowest BCUT2D eigenvalue weighted by molar-refractivity contribution is -0.137. The van der Waals surface area contributed by atoms with Crippen molar-refractivity contribution in [1.29, 1.82) is 0 Å². The molecule has 9 nitrogen and oxygen atoms in total. The van der Waals surface area contributed by atoms with E-state index in [1.807, 2.05) is 0 Å². The molecular formula is C18H16F3N5O4. The van der Waals surface area contributed by atoms with Crippen molar-refractivity contribution in [3.63, 3.8) is 0 Å². The molecule has 0 saturated carbocycles. The highest BCUT2D eigenvalue weighted by atomic mass is 19.4. The number of anilines is 2. The number of carbonyl (C=O) groups is 1. The first-order chi connectivity index (χ1) is 14.3. The normalized spacial score (nSPS) is 12.4. The van der Waals surface area contributed by atoms with Gasteiger partial charge in [0.05, 0.1) is 24.5 Å². The highest BCUT2D eigenvalue weighted by Gasteiger charge is 2.30. The minimum atomic E-state index is -4.42. The molecule has 0 unspecified atom stereocenters. The van der Waals surface area contributed by atoms with Crippen molar-refractivity contribution in [1.82, 2.24) is 20.5 Å². The predicted molar refractivity (Wildman–Crippen MR) is 97.7 cm³/mol. The summed E-state index contributed by atoms with van der Waals surface area (Å²) in [5.74, 6) is -0.123. The molecule has 0 saturated heterocycles. The van der Waals surface area contributed by atoms with Crippen LogP contribution in [0.15, 0.2) is 47.0 Å². The first-order valence-electron chi connectivity index (χ1n) is 8.57. The molecule has 1 aromatic carbocycles. The summed E-state index contributed by atoms with van der Waals surface area (Å²) in [7, 11) is 0. The predicted octanol–water partition coefficient (Wildman–Crippen LogP) is 1.98. The lowest BCUT2D eigenvalue weighted by Gasteiger charge is -2.08. The lowest BCUT2D eigenvalue weighted by Crippen LogP contribution is -2.34. The van der Waals surface area contributed by atoms with Crippen LogP contribution in [0.1, 0.15) is 16.1 Å². The van der Waals surface area contributed by atoms with E-state index in [0.29, 0.717) is 5.56 Å². The molecule has 3 aromatic rings. The molecule has 0 aliphatic heterocycles. The van der Waals surface area contributed by atoms with Gasteiger partial charge in [0.15, 0.2) is 17.3 Å². The summed E-state index contributed by atoms with van der Waals surface area (Å²) in [6, 6.07) is 7.27. The van der Waals surface area contributed by atoms with Gasteiger partial charge in [-0.25, -0.2) is 4.98 Å². The van der Waals surface area contributed by atoms with Gasteiger partial charge in [-0.05, 0) is 24.3 Å². The van der Waals surface area contributed by atoms with Gasteiger partial charge >= 0.3 is 12.2 Å². The van der Waals surface area contributed by atoms with E-state index in [-0.39, 0.29) is 29.8 Å². The monoisotopic (exact) mass is 423 g/mol. The van der Waals surface area contributed by atoms with Gasteiger partial charge in [0.2, 0.25) is 0 Å². The van der Waals surface area contributed by atoms with E-state index >= 15 is 0 Å². The molecule has 0 spiro atoms. The molecule has 12 heteroatoms. The third kappa shape index (κ3) is 5.30. The van der Waals surface area contributed by atoms with Crippen LogP contribution in [-0.4, -0.2) is 50.6 Å². The van der Waals surface area contributed by atoms with Crippen molar-refractivity contribution in [2.45, 2.75) is 12.3 Å². The molecule has 3 rings (SSSR count). The maximum Gasteiger partial charge on any atom is 0.416 e. The average Bonchev–Trinajstić information content (AvgIpc) is 3.20. The number of alkyl halides is 3. The number of nitrogens with one attached hydrogen (secondary N) is 2. The number of benzene rings is 1. The third-order valence-corrected chi connectivity index (χ3v) is 3.84. The summed E-state index contributed by atoms with van der Waals surface area (Å²) in [4.78, 5) is 15.8. The number of hydrogen-bond acceptors (Lipinski definition) is 8. The summed E-state index contributed by atoms with van der Waals surface area (Å²) < 4.78 is 43.4. The Hall–Kier alpha value is -3.51. The molecule has 158 valence electrons. The first-order valence-corrected chi connectivity index (χ1v) is 8.57. The number of rotatable bonds is 7. The minimum absolute atomic E-state index is 0.0106. The van der Waals surface area contributed by atoms with E-state index in [2.05, 4.69) is 25.8 Å². The zero-order valence-electron chi connectivity index (χ0n) is 15.2. The van der Waals surface area contributed by atoms with Gasteiger partial charge < -0.3 is 19.9 Å². The first kappa shape index (κ1) is 21.2. The number of halogens is 3. The van der Waals surface area contributed by atoms with Crippen LogP contribution in [0.4, 0.5) is 25.0 Å². The van der Waals surface area contributed by atoms with E-state index < -0.39 is 30.4 Å². The van der Waals surface area contributed by atoms with E-state index in [1.165, 1.54) is 30.5 Å². The molecular weight excluding hydrogens is 407 g/mol. The summed E-state index contributed by atoms with van der Waals surface area (Å²) in [6.45, 7) is -0.626. The van der Waals surface area contributed by atoms with Gasteiger partial charge in [0.25, 0.3) is 5.91 Å². The van der Waals surface area contributed by atoms with Crippen LogP contribution in [0.3, 0.4) is 0 Å². The van der Waals surface area contributed by atoms with Crippen molar-refractivity contribution in [2.75, 3.05) is 18.5 Å². The van der Waals surface area contributed by atoms with E-state index in [9.17, 15) is 23.1 Å². The van der Waals surface area contributed by atoms with Gasteiger partial charge in [0, 0.05) is 12.1 Å². The van der Waals surface area contributed by atoms with E-state index in [0.717, 1.165) is 12.1 Å². The van der Waals surface area contributed by atoms with E-state index in [4.69, 9.17) is 9.52 Å². The Bertz CT molecular complexity index is 990. The van der Waals surface area contributed by atoms with Crippen LogP contribution >= 0.6 is 0 Å². The Morgan fingerprint density at radius 2 is 1.87 bits per heavy atom. The second-order valence-corrected chi connectivity index (χ2v) is 6.08. The van der Waals surface area contributed by atoms with Crippen molar-refractivity contribution < 1.29 is 32.6 Å². The summed E-state index contributed by atoms with van der Waals surface area (Å²) in [6.07, 6.45) is -4.16. The van der Waals surface area contributed by atoms with E-state index in [1.54, 1.807) is 0 Å². The SMILES string of the molecule is O=C(NC[C@@H](O)CO)c1ccc(Nc2ncc(-c3ccc(C(F)(F)F)cc3)o2)nn1. The Morgan fingerprint density at radius 3 is 2.47 bits per heavy atom. The maximum absolute atomic E-state index is 12.6. The van der Waals surface area contributed by atoms with Crippen molar-refractivity contribution in [3.05, 3.63) is 53.9 Å². The third-order valence-electron chi connectivity index (χ3n) is 3.84. The van der Waals surface area contributed by atoms with Gasteiger partial charge in [-0.15, -0.1) is 10.2 Å². The number of aliphatic hydroxyl groups excluding tert-OH is 2. The fourth-order valence-corrected chi connectivity index (χ4v) is 2.28. The molecule has 0 bridgehead atoms. The summed E-state index contributed by atoms with van der Waals surface area (Å²) in [5.41, 5.74) is -0.371. The Balaban J connectivity index is 1.62. The highest BCUT2D eigenvalue weighted by Crippen LogP contribution is 2.31. The number of nitrogens with zero attached hydrogens (tertiary/aromatic N) is 3. The number of carbonyl (C=O) groups excluding carboxylic acids is 1. The molecule has 2 heterocycles. The molecule has 0 aliphatic rings. The molecule has 30 heavy (non-hydrogen) atoms. The molecule has 4 N–H and O–H groups in total. The van der Waals surface area contributed by atoms with Crippen LogP contribution in [0, 0.1) is 0 Å². The summed E-state index contributed by atoms with van der Waals surface area (Å²) >= 11 is 0. The quantitative estimate of drug-likeness (QED) is 0.453. The lowest BCUT2D eigenvalue weighted by atomic mass is 10.1. The van der Waals surface area contributed by atoms with Crippen molar-refractivity contribution >= 4 is 17.7 Å². The van der Waals surface area contributed by atoms with Crippen LogP contribution < -0.4 is 10.6 Å².